The Labute approximate surface area is 104 Å². The van der Waals surface area contributed by atoms with Gasteiger partial charge in [0.05, 0.1) is 12.7 Å². The van der Waals surface area contributed by atoms with Crippen LogP contribution in [0, 0.1) is 5.92 Å². The topological polar surface area (TPSA) is 32.7 Å². The van der Waals surface area contributed by atoms with E-state index >= 15 is 0 Å². The molecule has 17 heavy (non-hydrogen) atoms. The molecule has 0 saturated heterocycles. The highest BCUT2D eigenvalue weighted by molar-refractivity contribution is 5.32. The maximum atomic E-state index is 10.6. The van der Waals surface area contributed by atoms with Gasteiger partial charge < -0.3 is 14.7 Å². The van der Waals surface area contributed by atoms with E-state index in [0.29, 0.717) is 0 Å². The van der Waals surface area contributed by atoms with Gasteiger partial charge in [0, 0.05) is 12.5 Å². The minimum Gasteiger partial charge on any atom is -0.497 e. The van der Waals surface area contributed by atoms with Crippen LogP contribution in [0.5, 0.6) is 5.75 Å². The Hall–Kier alpha value is -1.06. The molecule has 1 N–H and O–H groups in total. The fourth-order valence-electron chi connectivity index (χ4n) is 1.95. The Kier molecular flexibility index (Phi) is 4.54. The number of aliphatic hydroxyl groups is 1. The van der Waals surface area contributed by atoms with Gasteiger partial charge in [0.25, 0.3) is 0 Å². The molecule has 1 aromatic rings. The van der Waals surface area contributed by atoms with E-state index in [2.05, 4.69) is 11.8 Å². The first-order chi connectivity index (χ1) is 7.87. The second kappa shape index (κ2) is 5.52. The highest BCUT2D eigenvalue weighted by Gasteiger charge is 2.30. The second-order valence-electron chi connectivity index (χ2n) is 5.04. The van der Waals surface area contributed by atoms with Gasteiger partial charge in [-0.15, -0.1) is 0 Å². The molecular weight excluding hydrogens is 214 g/mol. The predicted octanol–water partition coefficient (Wildman–Crippen LogP) is 2.10. The van der Waals surface area contributed by atoms with Gasteiger partial charge in [-0.25, -0.2) is 0 Å². The summed E-state index contributed by atoms with van der Waals surface area (Å²) in [6.45, 7) is 4.75. The quantitative estimate of drug-likeness (QED) is 0.851. The Bertz CT molecular complexity index is 361. The third-order valence-electron chi connectivity index (χ3n) is 3.25. The standard InChI is InChI=1S/C14H23NO2/c1-11(10-15(3)4)14(2,16)12-7-6-8-13(9-12)17-5/h6-9,11,16H,10H2,1-5H3/t11-,14-/m0/s1. The summed E-state index contributed by atoms with van der Waals surface area (Å²) in [6, 6.07) is 7.63. The van der Waals surface area contributed by atoms with Gasteiger partial charge in [-0.05, 0) is 38.7 Å². The van der Waals surface area contributed by atoms with Crippen molar-refractivity contribution in [2.75, 3.05) is 27.7 Å². The average Bonchev–Trinajstić information content (AvgIpc) is 2.28. The summed E-state index contributed by atoms with van der Waals surface area (Å²) in [5.74, 6) is 0.921. The van der Waals surface area contributed by atoms with Crippen LogP contribution in [0.1, 0.15) is 19.4 Å². The van der Waals surface area contributed by atoms with E-state index in [1.54, 1.807) is 7.11 Å². The van der Waals surface area contributed by atoms with Crippen molar-refractivity contribution < 1.29 is 9.84 Å². The van der Waals surface area contributed by atoms with E-state index < -0.39 is 5.60 Å². The molecule has 1 rings (SSSR count). The smallest absolute Gasteiger partial charge is 0.119 e. The normalized spacial score (nSPS) is 16.6. The van der Waals surface area contributed by atoms with E-state index in [1.165, 1.54) is 0 Å². The molecule has 0 radical (unpaired) electrons. The number of hydrogen-bond acceptors (Lipinski definition) is 3. The van der Waals surface area contributed by atoms with E-state index in [0.717, 1.165) is 17.9 Å². The number of methoxy groups -OCH3 is 1. The van der Waals surface area contributed by atoms with Crippen LogP contribution < -0.4 is 4.74 Å². The van der Waals surface area contributed by atoms with Crippen molar-refractivity contribution >= 4 is 0 Å². The van der Waals surface area contributed by atoms with Crippen LogP contribution in [0.3, 0.4) is 0 Å². The largest absolute Gasteiger partial charge is 0.497 e. The summed E-state index contributed by atoms with van der Waals surface area (Å²) in [6.07, 6.45) is 0. The minimum atomic E-state index is -0.848. The molecule has 3 heteroatoms. The summed E-state index contributed by atoms with van der Waals surface area (Å²) < 4.78 is 5.19. The summed E-state index contributed by atoms with van der Waals surface area (Å²) in [4.78, 5) is 2.08. The SMILES string of the molecule is COc1cccc([C@@](C)(O)[C@@H](C)CN(C)C)c1. The van der Waals surface area contributed by atoms with Gasteiger partial charge in [0.1, 0.15) is 5.75 Å². The van der Waals surface area contributed by atoms with Crippen molar-refractivity contribution in [1.29, 1.82) is 0 Å². The van der Waals surface area contributed by atoms with E-state index in [4.69, 9.17) is 4.74 Å². The number of rotatable bonds is 5. The maximum absolute atomic E-state index is 10.6. The molecule has 2 atom stereocenters. The molecule has 0 spiro atoms. The fraction of sp³-hybridized carbons (Fsp3) is 0.571. The minimum absolute atomic E-state index is 0.143. The molecular formula is C14H23NO2. The number of nitrogens with zero attached hydrogens (tertiary/aromatic N) is 1. The number of hydrogen-bond donors (Lipinski definition) is 1. The maximum Gasteiger partial charge on any atom is 0.119 e. The lowest BCUT2D eigenvalue weighted by atomic mass is 9.83. The average molecular weight is 237 g/mol. The molecule has 0 aromatic heterocycles. The van der Waals surface area contributed by atoms with E-state index in [1.807, 2.05) is 45.3 Å². The van der Waals surface area contributed by atoms with Crippen LogP contribution in [0.4, 0.5) is 0 Å². The predicted molar refractivity (Wildman–Crippen MR) is 70.3 cm³/mol. The first kappa shape index (κ1) is 14.0. The van der Waals surface area contributed by atoms with Crippen LogP contribution in [0.2, 0.25) is 0 Å². The Morgan fingerprint density at radius 2 is 2.06 bits per heavy atom. The lowest BCUT2D eigenvalue weighted by Crippen LogP contribution is -2.36. The third kappa shape index (κ3) is 3.45. The summed E-state index contributed by atoms with van der Waals surface area (Å²) in [5, 5.41) is 10.6. The van der Waals surface area contributed by atoms with E-state index in [-0.39, 0.29) is 5.92 Å². The highest BCUT2D eigenvalue weighted by Crippen LogP contribution is 2.31. The molecule has 0 unspecified atom stereocenters. The van der Waals surface area contributed by atoms with Crippen LogP contribution in [-0.4, -0.2) is 37.8 Å². The molecule has 1 aromatic carbocycles. The summed E-state index contributed by atoms with van der Waals surface area (Å²) in [5.41, 5.74) is 0.0462. The van der Waals surface area contributed by atoms with Gasteiger partial charge in [-0.2, -0.15) is 0 Å². The molecule has 3 nitrogen and oxygen atoms in total. The van der Waals surface area contributed by atoms with Gasteiger partial charge in [0.2, 0.25) is 0 Å². The first-order valence-corrected chi connectivity index (χ1v) is 5.89. The Morgan fingerprint density at radius 1 is 1.41 bits per heavy atom. The third-order valence-corrected chi connectivity index (χ3v) is 3.25. The van der Waals surface area contributed by atoms with Crippen molar-refractivity contribution in [3.8, 4) is 5.75 Å². The van der Waals surface area contributed by atoms with Crippen LogP contribution in [0.25, 0.3) is 0 Å². The van der Waals surface area contributed by atoms with E-state index in [9.17, 15) is 5.11 Å². The fourth-order valence-corrected chi connectivity index (χ4v) is 1.95. The molecule has 0 saturated carbocycles. The highest BCUT2D eigenvalue weighted by atomic mass is 16.5. The zero-order chi connectivity index (χ0) is 13.1. The van der Waals surface area contributed by atoms with Gasteiger partial charge in [0.15, 0.2) is 0 Å². The molecule has 0 aliphatic heterocycles. The molecule has 0 fully saturated rings. The summed E-state index contributed by atoms with van der Waals surface area (Å²) in [7, 11) is 5.66. The van der Waals surface area contributed by atoms with Crippen LogP contribution >= 0.6 is 0 Å². The summed E-state index contributed by atoms with van der Waals surface area (Å²) >= 11 is 0. The molecule has 0 amide bonds. The van der Waals surface area contributed by atoms with Crippen LogP contribution in [-0.2, 0) is 5.60 Å². The molecule has 96 valence electrons. The van der Waals surface area contributed by atoms with Crippen molar-refractivity contribution in [3.05, 3.63) is 29.8 Å². The molecule has 0 aliphatic carbocycles. The monoisotopic (exact) mass is 237 g/mol. The van der Waals surface area contributed by atoms with Crippen LogP contribution in [0.15, 0.2) is 24.3 Å². The number of benzene rings is 1. The lowest BCUT2D eigenvalue weighted by molar-refractivity contribution is -0.00792. The van der Waals surface area contributed by atoms with Crippen molar-refractivity contribution in [1.82, 2.24) is 4.90 Å². The van der Waals surface area contributed by atoms with Gasteiger partial charge in [-0.3, -0.25) is 0 Å². The second-order valence-corrected chi connectivity index (χ2v) is 5.04. The van der Waals surface area contributed by atoms with Gasteiger partial charge in [-0.1, -0.05) is 19.1 Å². The zero-order valence-electron chi connectivity index (χ0n) is 11.4. The molecule has 0 heterocycles. The Morgan fingerprint density at radius 3 is 2.59 bits per heavy atom. The van der Waals surface area contributed by atoms with Crippen molar-refractivity contribution in [3.63, 3.8) is 0 Å². The van der Waals surface area contributed by atoms with Crippen molar-refractivity contribution in [2.24, 2.45) is 5.92 Å². The lowest BCUT2D eigenvalue weighted by Gasteiger charge is -2.32. The zero-order valence-corrected chi connectivity index (χ0v) is 11.4. The molecule has 0 aliphatic rings. The van der Waals surface area contributed by atoms with Crippen molar-refractivity contribution in [2.45, 2.75) is 19.4 Å². The first-order valence-electron chi connectivity index (χ1n) is 5.89. The molecule has 0 bridgehead atoms. The number of ether oxygens (including phenoxy) is 1. The Balaban J connectivity index is 2.94. The van der Waals surface area contributed by atoms with Gasteiger partial charge >= 0.3 is 0 Å².